The van der Waals surface area contributed by atoms with Crippen LogP contribution >= 0.6 is 0 Å². The molecule has 5 heteroatoms. The third kappa shape index (κ3) is 5.30. The van der Waals surface area contributed by atoms with Crippen LogP contribution in [0, 0.1) is 5.92 Å². The normalized spacial score (nSPS) is 17.7. The Morgan fingerprint density at radius 2 is 2.12 bits per heavy atom. The van der Waals surface area contributed by atoms with Crippen molar-refractivity contribution in [3.8, 4) is 11.6 Å². The molecule has 1 atom stereocenters. The molecule has 1 aromatic heterocycles. The number of para-hydroxylation sites is 1. The van der Waals surface area contributed by atoms with Crippen LogP contribution in [0.25, 0.3) is 0 Å². The van der Waals surface area contributed by atoms with Gasteiger partial charge in [-0.2, -0.15) is 0 Å². The van der Waals surface area contributed by atoms with Crippen molar-refractivity contribution >= 4 is 5.91 Å². The van der Waals surface area contributed by atoms with Crippen LogP contribution in [-0.4, -0.2) is 42.0 Å². The molecule has 0 spiro atoms. The first-order valence-electron chi connectivity index (χ1n) is 9.41. The largest absolute Gasteiger partial charge is 0.438 e. The Morgan fingerprint density at radius 1 is 1.27 bits per heavy atom. The van der Waals surface area contributed by atoms with E-state index in [2.05, 4.69) is 22.1 Å². The first kappa shape index (κ1) is 18.4. The Kier molecular flexibility index (Phi) is 6.61. The van der Waals surface area contributed by atoms with Crippen LogP contribution in [0.3, 0.4) is 0 Å². The lowest BCUT2D eigenvalue weighted by Gasteiger charge is -2.30. The van der Waals surface area contributed by atoms with Gasteiger partial charge in [0, 0.05) is 19.3 Å². The lowest BCUT2D eigenvalue weighted by Crippen LogP contribution is -2.36. The predicted molar refractivity (Wildman–Crippen MR) is 103 cm³/mol. The van der Waals surface area contributed by atoms with Gasteiger partial charge in [0.25, 0.3) is 5.91 Å². The summed E-state index contributed by atoms with van der Waals surface area (Å²) in [4.78, 5) is 19.2. The van der Waals surface area contributed by atoms with Gasteiger partial charge in [0.1, 0.15) is 11.3 Å². The Morgan fingerprint density at radius 3 is 2.92 bits per heavy atom. The Balaban J connectivity index is 1.50. The molecule has 0 radical (unpaired) electrons. The minimum absolute atomic E-state index is 0.143. The SMILES string of the molecule is CC1CCCN(CCCNC(=O)c2cccnc2Oc2ccccc2)C1. The van der Waals surface area contributed by atoms with Crippen LogP contribution < -0.4 is 10.1 Å². The third-order valence-electron chi connectivity index (χ3n) is 4.65. The number of piperidine rings is 1. The molecule has 26 heavy (non-hydrogen) atoms. The van der Waals surface area contributed by atoms with Gasteiger partial charge in [0.2, 0.25) is 5.88 Å². The van der Waals surface area contributed by atoms with Crippen LogP contribution in [0.2, 0.25) is 0 Å². The summed E-state index contributed by atoms with van der Waals surface area (Å²) < 4.78 is 5.76. The summed E-state index contributed by atoms with van der Waals surface area (Å²) in [7, 11) is 0. The van der Waals surface area contributed by atoms with Gasteiger partial charge in [-0.15, -0.1) is 0 Å². The number of carbonyl (C=O) groups is 1. The smallest absolute Gasteiger partial charge is 0.256 e. The Bertz CT molecular complexity index is 705. The van der Waals surface area contributed by atoms with Gasteiger partial charge in [-0.1, -0.05) is 25.1 Å². The van der Waals surface area contributed by atoms with E-state index in [-0.39, 0.29) is 5.91 Å². The molecular formula is C21H27N3O2. The van der Waals surface area contributed by atoms with Gasteiger partial charge in [0.05, 0.1) is 0 Å². The van der Waals surface area contributed by atoms with E-state index in [1.54, 1.807) is 18.3 Å². The highest BCUT2D eigenvalue weighted by Crippen LogP contribution is 2.22. The lowest BCUT2D eigenvalue weighted by molar-refractivity contribution is 0.0947. The van der Waals surface area contributed by atoms with Crippen molar-refractivity contribution in [2.45, 2.75) is 26.2 Å². The fourth-order valence-electron chi connectivity index (χ4n) is 3.33. The molecule has 1 amide bonds. The van der Waals surface area contributed by atoms with E-state index < -0.39 is 0 Å². The maximum atomic E-state index is 12.5. The highest BCUT2D eigenvalue weighted by atomic mass is 16.5. The van der Waals surface area contributed by atoms with Crippen LogP contribution in [0.15, 0.2) is 48.7 Å². The fourth-order valence-corrected chi connectivity index (χ4v) is 3.33. The summed E-state index contributed by atoms with van der Waals surface area (Å²) in [6.45, 7) is 6.35. The molecular weight excluding hydrogens is 326 g/mol. The molecule has 1 fully saturated rings. The maximum absolute atomic E-state index is 12.5. The first-order chi connectivity index (χ1) is 12.7. The molecule has 138 valence electrons. The van der Waals surface area contributed by atoms with Crippen molar-refractivity contribution in [2.24, 2.45) is 5.92 Å². The number of aromatic nitrogens is 1. The highest BCUT2D eigenvalue weighted by Gasteiger charge is 2.16. The number of carbonyl (C=O) groups excluding carboxylic acids is 1. The molecule has 0 aliphatic carbocycles. The van der Waals surface area contributed by atoms with Crippen LogP contribution in [0.1, 0.15) is 36.5 Å². The summed E-state index contributed by atoms with van der Waals surface area (Å²) in [6, 6.07) is 12.9. The Labute approximate surface area is 155 Å². The zero-order valence-electron chi connectivity index (χ0n) is 15.4. The average molecular weight is 353 g/mol. The van der Waals surface area contributed by atoms with Crippen molar-refractivity contribution in [1.82, 2.24) is 15.2 Å². The summed E-state index contributed by atoms with van der Waals surface area (Å²) in [5.41, 5.74) is 0.461. The second kappa shape index (κ2) is 9.34. The molecule has 0 bridgehead atoms. The molecule has 1 unspecified atom stereocenters. The fraction of sp³-hybridized carbons (Fsp3) is 0.429. The van der Waals surface area contributed by atoms with Crippen molar-refractivity contribution in [1.29, 1.82) is 0 Å². The number of hydrogen-bond donors (Lipinski definition) is 1. The van der Waals surface area contributed by atoms with E-state index in [9.17, 15) is 4.79 Å². The lowest BCUT2D eigenvalue weighted by atomic mass is 10.0. The number of amides is 1. The molecule has 1 aromatic carbocycles. The number of nitrogens with zero attached hydrogens (tertiary/aromatic N) is 2. The van der Waals surface area contributed by atoms with Gasteiger partial charge in [-0.05, 0) is 62.5 Å². The molecule has 3 rings (SSSR count). The highest BCUT2D eigenvalue weighted by molar-refractivity contribution is 5.96. The molecule has 1 saturated heterocycles. The molecule has 5 nitrogen and oxygen atoms in total. The molecule has 2 heterocycles. The maximum Gasteiger partial charge on any atom is 0.256 e. The van der Waals surface area contributed by atoms with E-state index in [1.165, 1.54) is 25.9 Å². The van der Waals surface area contributed by atoms with E-state index in [0.717, 1.165) is 18.9 Å². The second-order valence-corrected chi connectivity index (χ2v) is 6.93. The number of likely N-dealkylation sites (tertiary alicyclic amines) is 1. The van der Waals surface area contributed by atoms with Crippen LogP contribution in [-0.2, 0) is 0 Å². The van der Waals surface area contributed by atoms with Crippen LogP contribution in [0.4, 0.5) is 0 Å². The van der Waals surface area contributed by atoms with Crippen molar-refractivity contribution in [3.63, 3.8) is 0 Å². The number of pyridine rings is 1. The molecule has 1 N–H and O–H groups in total. The van der Waals surface area contributed by atoms with E-state index in [4.69, 9.17) is 4.74 Å². The van der Waals surface area contributed by atoms with Gasteiger partial charge in [-0.25, -0.2) is 4.98 Å². The standard InChI is InChI=1S/C21H27N3O2/c1-17-8-6-14-24(16-17)15-7-13-22-20(25)19-11-5-12-23-21(19)26-18-9-3-2-4-10-18/h2-5,9-12,17H,6-8,13-16H2,1H3,(H,22,25). The summed E-state index contributed by atoms with van der Waals surface area (Å²) in [5, 5.41) is 2.99. The number of hydrogen-bond acceptors (Lipinski definition) is 4. The van der Waals surface area contributed by atoms with Crippen molar-refractivity contribution in [3.05, 3.63) is 54.2 Å². The van der Waals surface area contributed by atoms with E-state index in [1.807, 2.05) is 30.3 Å². The third-order valence-corrected chi connectivity index (χ3v) is 4.65. The first-order valence-corrected chi connectivity index (χ1v) is 9.41. The van der Waals surface area contributed by atoms with Gasteiger partial charge in [-0.3, -0.25) is 4.79 Å². The summed E-state index contributed by atoms with van der Waals surface area (Å²) >= 11 is 0. The second-order valence-electron chi connectivity index (χ2n) is 6.93. The molecule has 0 saturated carbocycles. The zero-order valence-corrected chi connectivity index (χ0v) is 15.4. The molecule has 2 aromatic rings. The molecule has 1 aliphatic rings. The minimum atomic E-state index is -0.143. The number of nitrogens with one attached hydrogen (secondary N) is 1. The van der Waals surface area contributed by atoms with Crippen molar-refractivity contribution in [2.75, 3.05) is 26.2 Å². The average Bonchev–Trinajstić information content (AvgIpc) is 2.66. The summed E-state index contributed by atoms with van der Waals surface area (Å²) in [6.07, 6.45) is 5.20. The summed E-state index contributed by atoms with van der Waals surface area (Å²) in [5.74, 6) is 1.64. The molecule has 1 aliphatic heterocycles. The quantitative estimate of drug-likeness (QED) is 0.771. The van der Waals surface area contributed by atoms with Gasteiger partial charge in [0.15, 0.2) is 0 Å². The van der Waals surface area contributed by atoms with E-state index in [0.29, 0.717) is 23.7 Å². The van der Waals surface area contributed by atoms with E-state index >= 15 is 0 Å². The number of rotatable bonds is 7. The topological polar surface area (TPSA) is 54.5 Å². The zero-order chi connectivity index (χ0) is 18.2. The predicted octanol–water partition coefficient (Wildman–Crippen LogP) is 3.73. The Hall–Kier alpha value is -2.40. The monoisotopic (exact) mass is 353 g/mol. The van der Waals surface area contributed by atoms with Crippen LogP contribution in [0.5, 0.6) is 11.6 Å². The minimum Gasteiger partial charge on any atom is -0.438 e. The van der Waals surface area contributed by atoms with Gasteiger partial charge >= 0.3 is 0 Å². The van der Waals surface area contributed by atoms with Crippen molar-refractivity contribution < 1.29 is 9.53 Å². The number of ether oxygens (including phenoxy) is 1. The number of benzene rings is 1. The van der Waals surface area contributed by atoms with Gasteiger partial charge < -0.3 is 15.0 Å².